The summed E-state index contributed by atoms with van der Waals surface area (Å²) in [5.74, 6) is 1.23. The van der Waals surface area contributed by atoms with Crippen molar-refractivity contribution in [2.75, 3.05) is 5.32 Å². The minimum Gasteiger partial charge on any atom is -0.480 e. The summed E-state index contributed by atoms with van der Waals surface area (Å²) in [6.45, 7) is 1.89. The fourth-order valence-corrected chi connectivity index (χ4v) is 3.32. The molecule has 3 aromatic rings. The molecule has 25 heavy (non-hydrogen) atoms. The van der Waals surface area contributed by atoms with Gasteiger partial charge < -0.3 is 10.1 Å². The van der Waals surface area contributed by atoms with Crippen LogP contribution in [0.5, 0.6) is 5.75 Å². The molecular formula is C19H16BrN3O2. The van der Waals surface area contributed by atoms with Crippen LogP contribution in [-0.4, -0.2) is 21.8 Å². The SMILES string of the molecule is Cc1cc(NC(=O)C2Cc3ccccc3O2)n(-c2cccc(Br)c2)n1. The van der Waals surface area contributed by atoms with Gasteiger partial charge in [-0.25, -0.2) is 4.68 Å². The average molecular weight is 398 g/mol. The molecule has 1 aliphatic heterocycles. The zero-order valence-corrected chi connectivity index (χ0v) is 15.2. The van der Waals surface area contributed by atoms with Gasteiger partial charge in [0.15, 0.2) is 6.10 Å². The molecule has 0 spiro atoms. The number of halogens is 1. The Labute approximate surface area is 153 Å². The molecule has 0 saturated carbocycles. The van der Waals surface area contributed by atoms with Gasteiger partial charge in [-0.3, -0.25) is 4.79 Å². The van der Waals surface area contributed by atoms with Gasteiger partial charge >= 0.3 is 0 Å². The number of aromatic nitrogens is 2. The van der Waals surface area contributed by atoms with Crippen LogP contribution in [0.2, 0.25) is 0 Å². The number of carbonyl (C=O) groups excluding carboxylic acids is 1. The standard InChI is InChI=1S/C19H16BrN3O2/c1-12-9-18(23(22-12)15-7-4-6-14(20)11-15)21-19(24)17-10-13-5-2-3-8-16(13)25-17/h2-9,11,17H,10H2,1H3,(H,21,24). The van der Waals surface area contributed by atoms with Gasteiger partial charge in [0.1, 0.15) is 11.6 Å². The second-order valence-corrected chi connectivity index (χ2v) is 6.89. The van der Waals surface area contributed by atoms with Crippen molar-refractivity contribution in [3.05, 3.63) is 70.3 Å². The van der Waals surface area contributed by atoms with Crippen molar-refractivity contribution in [2.24, 2.45) is 0 Å². The molecule has 5 nitrogen and oxygen atoms in total. The fourth-order valence-electron chi connectivity index (χ4n) is 2.93. The topological polar surface area (TPSA) is 56.1 Å². The summed E-state index contributed by atoms with van der Waals surface area (Å²) in [5.41, 5.74) is 2.75. The lowest BCUT2D eigenvalue weighted by atomic mass is 10.1. The van der Waals surface area contributed by atoms with Crippen molar-refractivity contribution >= 4 is 27.7 Å². The van der Waals surface area contributed by atoms with E-state index in [9.17, 15) is 4.79 Å². The van der Waals surface area contributed by atoms with Gasteiger partial charge in [0.2, 0.25) is 0 Å². The lowest BCUT2D eigenvalue weighted by Crippen LogP contribution is -2.32. The minimum atomic E-state index is -0.524. The highest BCUT2D eigenvalue weighted by atomic mass is 79.9. The maximum absolute atomic E-state index is 12.7. The molecule has 0 bridgehead atoms. The molecule has 4 rings (SSSR count). The number of carbonyl (C=O) groups is 1. The number of para-hydroxylation sites is 1. The Morgan fingerprint density at radius 1 is 1.24 bits per heavy atom. The molecule has 1 aliphatic rings. The second kappa shape index (κ2) is 6.37. The summed E-state index contributed by atoms with van der Waals surface area (Å²) in [6.07, 6.45) is 0.0509. The van der Waals surface area contributed by atoms with E-state index in [2.05, 4.69) is 26.3 Å². The van der Waals surface area contributed by atoms with Gasteiger partial charge in [0.25, 0.3) is 5.91 Å². The van der Waals surface area contributed by atoms with Crippen molar-refractivity contribution in [3.63, 3.8) is 0 Å². The van der Waals surface area contributed by atoms with Gasteiger partial charge in [-0.15, -0.1) is 0 Å². The number of anilines is 1. The number of hydrogen-bond donors (Lipinski definition) is 1. The summed E-state index contributed by atoms with van der Waals surface area (Å²) in [7, 11) is 0. The van der Waals surface area contributed by atoms with E-state index in [1.165, 1.54) is 0 Å². The molecule has 1 unspecified atom stereocenters. The molecule has 1 N–H and O–H groups in total. The minimum absolute atomic E-state index is 0.174. The first kappa shape index (κ1) is 15.9. The Morgan fingerprint density at radius 3 is 2.88 bits per heavy atom. The van der Waals surface area contributed by atoms with Crippen LogP contribution < -0.4 is 10.1 Å². The lowest BCUT2D eigenvalue weighted by Gasteiger charge is -2.13. The maximum atomic E-state index is 12.7. The third-order valence-electron chi connectivity index (χ3n) is 4.08. The van der Waals surface area contributed by atoms with Crippen LogP contribution in [0, 0.1) is 6.92 Å². The highest BCUT2D eigenvalue weighted by Gasteiger charge is 2.29. The van der Waals surface area contributed by atoms with E-state index in [-0.39, 0.29) is 5.91 Å². The van der Waals surface area contributed by atoms with Crippen LogP contribution in [-0.2, 0) is 11.2 Å². The number of amides is 1. The molecule has 1 atom stereocenters. The molecule has 0 fully saturated rings. The monoisotopic (exact) mass is 397 g/mol. The van der Waals surface area contributed by atoms with Crippen LogP contribution in [0.3, 0.4) is 0 Å². The smallest absolute Gasteiger partial charge is 0.266 e. The van der Waals surface area contributed by atoms with Gasteiger partial charge in [-0.2, -0.15) is 5.10 Å². The summed E-state index contributed by atoms with van der Waals surface area (Å²) >= 11 is 3.46. The van der Waals surface area contributed by atoms with Gasteiger partial charge in [0.05, 0.1) is 11.4 Å². The van der Waals surface area contributed by atoms with Crippen molar-refractivity contribution in [1.82, 2.24) is 9.78 Å². The number of nitrogens with one attached hydrogen (secondary N) is 1. The Hall–Kier alpha value is -2.60. The first-order valence-corrected chi connectivity index (χ1v) is 8.77. The first-order valence-electron chi connectivity index (χ1n) is 7.98. The highest BCUT2D eigenvalue weighted by Crippen LogP contribution is 2.29. The third kappa shape index (κ3) is 3.17. The van der Waals surface area contributed by atoms with Crippen molar-refractivity contribution in [2.45, 2.75) is 19.4 Å². The Bertz CT molecular complexity index is 926. The summed E-state index contributed by atoms with van der Waals surface area (Å²) in [6, 6.07) is 17.3. The number of rotatable bonds is 3. The van der Waals surface area contributed by atoms with Crippen molar-refractivity contribution in [1.29, 1.82) is 0 Å². The van der Waals surface area contributed by atoms with Gasteiger partial charge in [-0.05, 0) is 36.8 Å². The lowest BCUT2D eigenvalue weighted by molar-refractivity contribution is -0.122. The van der Waals surface area contributed by atoms with E-state index in [0.29, 0.717) is 12.2 Å². The number of fused-ring (bicyclic) bond motifs is 1. The molecular weight excluding hydrogens is 382 g/mol. The van der Waals surface area contributed by atoms with Crippen LogP contribution >= 0.6 is 15.9 Å². The summed E-state index contributed by atoms with van der Waals surface area (Å²) < 4.78 is 8.43. The Balaban J connectivity index is 1.57. The predicted molar refractivity (Wildman–Crippen MR) is 99.2 cm³/mol. The van der Waals surface area contributed by atoms with Crippen LogP contribution in [0.15, 0.2) is 59.1 Å². The van der Waals surface area contributed by atoms with E-state index >= 15 is 0 Å². The number of hydrogen-bond acceptors (Lipinski definition) is 3. The molecule has 0 aliphatic carbocycles. The second-order valence-electron chi connectivity index (χ2n) is 5.97. The fraction of sp³-hybridized carbons (Fsp3) is 0.158. The molecule has 0 radical (unpaired) electrons. The van der Waals surface area contributed by atoms with Crippen molar-refractivity contribution < 1.29 is 9.53 Å². The van der Waals surface area contributed by atoms with E-state index in [4.69, 9.17) is 4.74 Å². The Morgan fingerprint density at radius 2 is 2.08 bits per heavy atom. The van der Waals surface area contributed by atoms with Gasteiger partial charge in [-0.1, -0.05) is 40.2 Å². The molecule has 1 aromatic heterocycles. The van der Waals surface area contributed by atoms with Gasteiger partial charge in [0, 0.05) is 17.0 Å². The molecule has 2 aromatic carbocycles. The zero-order chi connectivity index (χ0) is 17.4. The number of nitrogens with zero attached hydrogens (tertiary/aromatic N) is 2. The summed E-state index contributed by atoms with van der Waals surface area (Å²) in [4.78, 5) is 12.7. The van der Waals surface area contributed by atoms with E-state index in [1.54, 1.807) is 4.68 Å². The third-order valence-corrected chi connectivity index (χ3v) is 4.57. The van der Waals surface area contributed by atoms with E-state index in [1.807, 2.05) is 61.5 Å². The molecule has 1 amide bonds. The number of aryl methyl sites for hydroxylation is 1. The van der Waals surface area contributed by atoms with E-state index < -0.39 is 6.10 Å². The van der Waals surface area contributed by atoms with Crippen LogP contribution in [0.25, 0.3) is 5.69 Å². The highest BCUT2D eigenvalue weighted by molar-refractivity contribution is 9.10. The molecule has 2 heterocycles. The number of benzene rings is 2. The van der Waals surface area contributed by atoms with E-state index in [0.717, 1.165) is 27.2 Å². The normalized spacial score (nSPS) is 15.5. The van der Waals surface area contributed by atoms with Crippen LogP contribution in [0.4, 0.5) is 5.82 Å². The largest absolute Gasteiger partial charge is 0.480 e. The number of ether oxygens (including phenoxy) is 1. The van der Waals surface area contributed by atoms with Crippen LogP contribution in [0.1, 0.15) is 11.3 Å². The average Bonchev–Trinajstić information content (AvgIpc) is 3.18. The first-order chi connectivity index (χ1) is 12.1. The quantitative estimate of drug-likeness (QED) is 0.729. The Kier molecular flexibility index (Phi) is 4.05. The molecule has 6 heteroatoms. The summed E-state index contributed by atoms with van der Waals surface area (Å²) in [5, 5.41) is 7.43. The zero-order valence-electron chi connectivity index (χ0n) is 13.6. The predicted octanol–water partition coefficient (Wildman–Crippen LogP) is 3.89. The molecule has 0 saturated heterocycles. The maximum Gasteiger partial charge on any atom is 0.266 e. The van der Waals surface area contributed by atoms with Crippen molar-refractivity contribution in [3.8, 4) is 11.4 Å². The molecule has 126 valence electrons.